The first-order valence-electron chi connectivity index (χ1n) is 6.42. The molecular weight excluding hydrogens is 226 g/mol. The number of carbonyl (C=O) groups is 1. The number of amidine groups is 1. The van der Waals surface area contributed by atoms with E-state index >= 15 is 0 Å². The van der Waals surface area contributed by atoms with Crippen LogP contribution in [0.3, 0.4) is 0 Å². The highest BCUT2D eigenvalue weighted by Gasteiger charge is 2.32. The lowest BCUT2D eigenvalue weighted by atomic mass is 10.1. The Hall–Kier alpha value is -1.84. The molecule has 0 aromatic heterocycles. The molecule has 0 unspecified atom stereocenters. The van der Waals surface area contributed by atoms with E-state index in [4.69, 9.17) is 0 Å². The zero-order valence-corrected chi connectivity index (χ0v) is 10.7. The second-order valence-corrected chi connectivity index (χ2v) is 5.28. The van der Waals surface area contributed by atoms with Crippen molar-refractivity contribution in [3.05, 3.63) is 35.3 Å². The second-order valence-electron chi connectivity index (χ2n) is 5.28. The zero-order chi connectivity index (χ0) is 12.7. The first-order chi connectivity index (χ1) is 8.65. The van der Waals surface area contributed by atoms with E-state index in [-0.39, 0.29) is 5.91 Å². The molecule has 0 aromatic carbocycles. The average molecular weight is 243 g/mol. The maximum absolute atomic E-state index is 11.6. The summed E-state index contributed by atoms with van der Waals surface area (Å²) in [5, 5.41) is 2.96. The Kier molecular flexibility index (Phi) is 2.58. The predicted molar refractivity (Wildman–Crippen MR) is 70.6 cm³/mol. The molecule has 0 atom stereocenters. The zero-order valence-electron chi connectivity index (χ0n) is 10.7. The van der Waals surface area contributed by atoms with Gasteiger partial charge in [0.25, 0.3) is 0 Å². The predicted octanol–water partition coefficient (Wildman–Crippen LogP) is 1.93. The Morgan fingerprint density at radius 2 is 2.28 bits per heavy atom. The Morgan fingerprint density at radius 3 is 3.06 bits per heavy atom. The van der Waals surface area contributed by atoms with Gasteiger partial charge in [-0.15, -0.1) is 0 Å². The molecule has 0 aromatic rings. The molecule has 1 N–H and O–H groups in total. The minimum absolute atomic E-state index is 0.0416. The van der Waals surface area contributed by atoms with Crippen molar-refractivity contribution in [2.24, 2.45) is 10.9 Å². The van der Waals surface area contributed by atoms with Gasteiger partial charge in [0.2, 0.25) is 5.91 Å². The molecule has 3 aliphatic heterocycles. The molecule has 0 saturated heterocycles. The molecule has 0 aliphatic carbocycles. The summed E-state index contributed by atoms with van der Waals surface area (Å²) < 4.78 is 0. The fourth-order valence-electron chi connectivity index (χ4n) is 2.61. The maximum Gasteiger partial charge on any atom is 0.248 e. The number of allylic oxidation sites excluding steroid dienone is 1. The summed E-state index contributed by atoms with van der Waals surface area (Å²) in [7, 11) is 0. The fourth-order valence-corrected chi connectivity index (χ4v) is 2.61. The minimum atomic E-state index is -0.0416. The van der Waals surface area contributed by atoms with Gasteiger partial charge in [-0.1, -0.05) is 13.8 Å². The highest BCUT2D eigenvalue weighted by Crippen LogP contribution is 2.33. The highest BCUT2D eigenvalue weighted by molar-refractivity contribution is 5.93. The summed E-state index contributed by atoms with van der Waals surface area (Å²) >= 11 is 0. The van der Waals surface area contributed by atoms with Gasteiger partial charge in [0.05, 0.1) is 5.70 Å². The van der Waals surface area contributed by atoms with Crippen LogP contribution in [0.4, 0.5) is 0 Å². The summed E-state index contributed by atoms with van der Waals surface area (Å²) in [4.78, 5) is 18.4. The number of nitrogens with zero attached hydrogens (tertiary/aromatic N) is 2. The largest absolute Gasteiger partial charge is 0.327 e. The van der Waals surface area contributed by atoms with Crippen LogP contribution in [0.25, 0.3) is 0 Å². The van der Waals surface area contributed by atoms with Gasteiger partial charge in [0.1, 0.15) is 5.84 Å². The first kappa shape index (κ1) is 11.3. The van der Waals surface area contributed by atoms with E-state index in [2.05, 4.69) is 29.1 Å². The van der Waals surface area contributed by atoms with Crippen LogP contribution in [0.1, 0.15) is 26.7 Å². The van der Waals surface area contributed by atoms with Crippen molar-refractivity contribution in [2.45, 2.75) is 26.7 Å². The van der Waals surface area contributed by atoms with Gasteiger partial charge in [-0.05, 0) is 12.0 Å². The standard InChI is InChI=1S/C14H17N3O/c1-9(2)7-12-15-8-10-3-4-13(18)16-11-5-6-17(12)14(10)11/h3-4,8-9H,5-7H2,1-2H3,(H,16,18). The van der Waals surface area contributed by atoms with Crippen LogP contribution in [0.15, 0.2) is 40.3 Å². The molecule has 0 fully saturated rings. The van der Waals surface area contributed by atoms with Crippen molar-refractivity contribution in [3.8, 4) is 0 Å². The molecule has 4 nitrogen and oxygen atoms in total. The molecule has 3 heterocycles. The van der Waals surface area contributed by atoms with Gasteiger partial charge in [0, 0.05) is 42.9 Å². The van der Waals surface area contributed by atoms with Crippen LogP contribution in [0.2, 0.25) is 0 Å². The fraction of sp³-hybridized carbons (Fsp3) is 0.429. The third kappa shape index (κ3) is 1.78. The quantitative estimate of drug-likeness (QED) is 0.805. The van der Waals surface area contributed by atoms with E-state index in [9.17, 15) is 4.79 Å². The van der Waals surface area contributed by atoms with Crippen molar-refractivity contribution in [1.29, 1.82) is 0 Å². The molecule has 3 aliphatic rings. The SMILES string of the molecule is CC(C)CC1=NC=C2C=CC(=O)NC3=C2N1CC3. The molecule has 0 bridgehead atoms. The number of carbonyl (C=O) groups excluding carboxylic acids is 1. The van der Waals surface area contributed by atoms with Crippen LogP contribution in [-0.2, 0) is 4.79 Å². The van der Waals surface area contributed by atoms with Crippen molar-refractivity contribution < 1.29 is 4.79 Å². The Bertz CT molecular complexity index is 523. The van der Waals surface area contributed by atoms with Crippen LogP contribution in [0.5, 0.6) is 0 Å². The molecule has 0 saturated carbocycles. The summed E-state index contributed by atoms with van der Waals surface area (Å²) in [6.07, 6.45) is 7.16. The second kappa shape index (κ2) is 4.12. The normalized spacial score (nSPS) is 21.7. The van der Waals surface area contributed by atoms with Crippen molar-refractivity contribution in [2.75, 3.05) is 6.54 Å². The Morgan fingerprint density at radius 1 is 1.44 bits per heavy atom. The van der Waals surface area contributed by atoms with Crippen LogP contribution < -0.4 is 5.32 Å². The van der Waals surface area contributed by atoms with Crippen LogP contribution in [0, 0.1) is 5.92 Å². The summed E-state index contributed by atoms with van der Waals surface area (Å²) in [5.41, 5.74) is 3.21. The maximum atomic E-state index is 11.6. The Balaban J connectivity index is 2.01. The lowest BCUT2D eigenvalue weighted by Crippen LogP contribution is -2.31. The van der Waals surface area contributed by atoms with E-state index in [1.807, 2.05) is 12.3 Å². The van der Waals surface area contributed by atoms with Gasteiger partial charge in [-0.2, -0.15) is 0 Å². The molecule has 4 heteroatoms. The number of aliphatic imine (C=N–C) groups is 1. The monoisotopic (exact) mass is 243 g/mol. The molecular formula is C14H17N3O. The smallest absolute Gasteiger partial charge is 0.248 e. The third-order valence-corrected chi connectivity index (χ3v) is 3.36. The van der Waals surface area contributed by atoms with Crippen molar-refractivity contribution in [3.63, 3.8) is 0 Å². The summed E-state index contributed by atoms with van der Waals surface area (Å²) in [6, 6.07) is 0. The topological polar surface area (TPSA) is 44.7 Å². The molecule has 1 amide bonds. The van der Waals surface area contributed by atoms with Crippen LogP contribution >= 0.6 is 0 Å². The molecule has 18 heavy (non-hydrogen) atoms. The van der Waals surface area contributed by atoms with Gasteiger partial charge >= 0.3 is 0 Å². The Labute approximate surface area is 107 Å². The lowest BCUT2D eigenvalue weighted by molar-refractivity contribution is -0.115. The van der Waals surface area contributed by atoms with Crippen molar-refractivity contribution >= 4 is 11.7 Å². The summed E-state index contributed by atoms with van der Waals surface area (Å²) in [5.74, 6) is 1.66. The van der Waals surface area contributed by atoms with Crippen molar-refractivity contribution in [1.82, 2.24) is 10.2 Å². The van der Waals surface area contributed by atoms with Gasteiger partial charge in [-0.25, -0.2) is 4.99 Å². The van der Waals surface area contributed by atoms with E-state index in [1.54, 1.807) is 6.08 Å². The number of hydrogen-bond donors (Lipinski definition) is 1. The highest BCUT2D eigenvalue weighted by atomic mass is 16.1. The van der Waals surface area contributed by atoms with E-state index in [0.29, 0.717) is 5.92 Å². The van der Waals surface area contributed by atoms with E-state index in [0.717, 1.165) is 42.2 Å². The van der Waals surface area contributed by atoms with Gasteiger partial charge in [-0.3, -0.25) is 4.79 Å². The lowest BCUT2D eigenvalue weighted by Gasteiger charge is -2.28. The van der Waals surface area contributed by atoms with Gasteiger partial charge < -0.3 is 10.2 Å². The summed E-state index contributed by atoms with van der Waals surface area (Å²) in [6.45, 7) is 5.31. The minimum Gasteiger partial charge on any atom is -0.327 e. The molecule has 0 radical (unpaired) electrons. The third-order valence-electron chi connectivity index (χ3n) is 3.36. The molecule has 94 valence electrons. The number of rotatable bonds is 2. The van der Waals surface area contributed by atoms with Gasteiger partial charge in [0.15, 0.2) is 0 Å². The average Bonchev–Trinajstić information content (AvgIpc) is 2.65. The number of amides is 1. The first-order valence-corrected chi connectivity index (χ1v) is 6.42. The molecule has 3 rings (SSSR count). The number of hydrogen-bond acceptors (Lipinski definition) is 3. The number of nitrogens with one attached hydrogen (secondary N) is 1. The van der Waals surface area contributed by atoms with E-state index < -0.39 is 0 Å². The molecule has 0 spiro atoms. The van der Waals surface area contributed by atoms with Crippen LogP contribution in [-0.4, -0.2) is 23.2 Å². The van der Waals surface area contributed by atoms with E-state index in [1.165, 1.54) is 0 Å².